The number of amides is 1. The molecule has 0 bridgehead atoms. The van der Waals surface area contributed by atoms with Gasteiger partial charge in [0.15, 0.2) is 0 Å². The van der Waals surface area contributed by atoms with E-state index in [4.69, 9.17) is 11.6 Å². The standard InChI is InChI=1S/C21H25ClN2OS/c22-19-7-9-20(10-8-19)26-14-11-21(25)23-15-17-3-5-18(6-4-17)16-24-12-1-2-13-24/h3-10H,1-2,11-16H2,(H,23,25)/p+1. The van der Waals surface area contributed by atoms with Crippen molar-refractivity contribution in [2.24, 2.45) is 0 Å². The third-order valence-corrected chi connectivity index (χ3v) is 5.95. The molecule has 3 rings (SSSR count). The van der Waals surface area contributed by atoms with E-state index in [1.54, 1.807) is 16.7 Å². The molecule has 2 aromatic rings. The molecule has 0 aromatic heterocycles. The van der Waals surface area contributed by atoms with Crippen LogP contribution in [0, 0.1) is 0 Å². The number of carbonyl (C=O) groups excluding carboxylic acids is 1. The summed E-state index contributed by atoms with van der Waals surface area (Å²) in [5.41, 5.74) is 2.54. The zero-order valence-corrected chi connectivity index (χ0v) is 16.5. The maximum Gasteiger partial charge on any atom is 0.221 e. The van der Waals surface area contributed by atoms with Crippen LogP contribution in [-0.2, 0) is 17.9 Å². The molecule has 0 saturated carbocycles. The first-order valence-corrected chi connectivity index (χ1v) is 10.6. The molecule has 1 heterocycles. The van der Waals surface area contributed by atoms with E-state index < -0.39 is 0 Å². The molecule has 138 valence electrons. The molecule has 0 spiro atoms. The van der Waals surface area contributed by atoms with E-state index in [2.05, 4.69) is 29.6 Å². The largest absolute Gasteiger partial charge is 0.352 e. The van der Waals surface area contributed by atoms with Gasteiger partial charge in [0, 0.05) is 47.0 Å². The average Bonchev–Trinajstić information content (AvgIpc) is 3.16. The third kappa shape index (κ3) is 6.35. The first kappa shape index (κ1) is 19.3. The van der Waals surface area contributed by atoms with E-state index in [0.717, 1.165) is 27.8 Å². The summed E-state index contributed by atoms with van der Waals surface area (Å²) in [5, 5.41) is 3.74. The van der Waals surface area contributed by atoms with Crippen molar-refractivity contribution in [3.05, 3.63) is 64.7 Å². The summed E-state index contributed by atoms with van der Waals surface area (Å²) in [5.74, 6) is 0.863. The van der Waals surface area contributed by atoms with E-state index in [0.29, 0.717) is 13.0 Å². The highest BCUT2D eigenvalue weighted by Gasteiger charge is 2.15. The summed E-state index contributed by atoms with van der Waals surface area (Å²) in [6.07, 6.45) is 3.23. The number of thioether (sulfide) groups is 1. The lowest BCUT2D eigenvalue weighted by atomic mass is 10.1. The van der Waals surface area contributed by atoms with Gasteiger partial charge in [-0.25, -0.2) is 0 Å². The second-order valence-electron chi connectivity index (χ2n) is 6.78. The van der Waals surface area contributed by atoms with Gasteiger partial charge in [-0.15, -0.1) is 11.8 Å². The summed E-state index contributed by atoms with van der Waals surface area (Å²) in [7, 11) is 0. The summed E-state index contributed by atoms with van der Waals surface area (Å²) >= 11 is 7.55. The molecule has 0 radical (unpaired) electrons. The van der Waals surface area contributed by atoms with Crippen LogP contribution in [0.25, 0.3) is 0 Å². The van der Waals surface area contributed by atoms with Crippen molar-refractivity contribution in [1.29, 1.82) is 0 Å². The summed E-state index contributed by atoms with van der Waals surface area (Å²) in [6.45, 7) is 4.31. The van der Waals surface area contributed by atoms with Crippen molar-refractivity contribution in [1.82, 2.24) is 5.32 Å². The van der Waals surface area contributed by atoms with Crippen molar-refractivity contribution in [3.63, 3.8) is 0 Å². The van der Waals surface area contributed by atoms with Gasteiger partial charge in [-0.05, 0) is 29.8 Å². The fourth-order valence-electron chi connectivity index (χ4n) is 3.20. The zero-order chi connectivity index (χ0) is 18.2. The minimum atomic E-state index is 0.0945. The Kier molecular flexibility index (Phi) is 7.42. The number of quaternary nitrogens is 1. The second kappa shape index (κ2) is 10.0. The van der Waals surface area contributed by atoms with Crippen LogP contribution in [0.1, 0.15) is 30.4 Å². The lowest BCUT2D eigenvalue weighted by Crippen LogP contribution is -3.08. The van der Waals surface area contributed by atoms with E-state index in [1.165, 1.54) is 31.5 Å². The maximum atomic E-state index is 12.0. The Morgan fingerprint density at radius 1 is 1.00 bits per heavy atom. The Labute approximate surface area is 165 Å². The van der Waals surface area contributed by atoms with Crippen molar-refractivity contribution in [2.75, 3.05) is 18.8 Å². The minimum absolute atomic E-state index is 0.0945. The Bertz CT molecular complexity index is 697. The van der Waals surface area contributed by atoms with Crippen LogP contribution < -0.4 is 10.2 Å². The normalized spacial score (nSPS) is 14.5. The number of rotatable bonds is 8. The van der Waals surface area contributed by atoms with E-state index in [1.807, 2.05) is 24.3 Å². The predicted molar refractivity (Wildman–Crippen MR) is 109 cm³/mol. The smallest absolute Gasteiger partial charge is 0.221 e. The monoisotopic (exact) mass is 389 g/mol. The SMILES string of the molecule is O=C(CCSc1ccc(Cl)cc1)NCc1ccc(C[NH+]2CCCC2)cc1. The van der Waals surface area contributed by atoms with Gasteiger partial charge in [-0.1, -0.05) is 35.9 Å². The molecule has 26 heavy (non-hydrogen) atoms. The molecule has 0 unspecified atom stereocenters. The molecule has 1 aliphatic heterocycles. The summed E-state index contributed by atoms with van der Waals surface area (Å²) in [6, 6.07) is 16.4. The molecule has 2 N–H and O–H groups in total. The Morgan fingerprint density at radius 3 is 2.35 bits per heavy atom. The van der Waals surface area contributed by atoms with E-state index in [-0.39, 0.29) is 5.91 Å². The molecular formula is C21H26ClN2OS+. The number of likely N-dealkylation sites (tertiary alicyclic amines) is 1. The molecule has 2 aromatic carbocycles. The van der Waals surface area contributed by atoms with Crippen LogP contribution >= 0.6 is 23.4 Å². The Hall–Kier alpha value is -1.49. The van der Waals surface area contributed by atoms with Crippen molar-refractivity contribution >= 4 is 29.3 Å². The van der Waals surface area contributed by atoms with Gasteiger partial charge in [0.25, 0.3) is 0 Å². The highest BCUT2D eigenvalue weighted by Crippen LogP contribution is 2.20. The number of hydrogen-bond donors (Lipinski definition) is 2. The van der Waals surface area contributed by atoms with E-state index >= 15 is 0 Å². The Morgan fingerprint density at radius 2 is 1.65 bits per heavy atom. The van der Waals surface area contributed by atoms with Gasteiger partial charge < -0.3 is 10.2 Å². The van der Waals surface area contributed by atoms with Gasteiger partial charge in [-0.3, -0.25) is 4.79 Å². The second-order valence-corrected chi connectivity index (χ2v) is 8.38. The molecule has 5 heteroatoms. The topological polar surface area (TPSA) is 33.5 Å². The molecule has 3 nitrogen and oxygen atoms in total. The Balaban J connectivity index is 1.35. The first-order valence-electron chi connectivity index (χ1n) is 9.25. The highest BCUT2D eigenvalue weighted by molar-refractivity contribution is 7.99. The van der Waals surface area contributed by atoms with Gasteiger partial charge in [0.05, 0.1) is 13.1 Å². The van der Waals surface area contributed by atoms with Gasteiger partial charge in [0.2, 0.25) is 5.91 Å². The van der Waals surface area contributed by atoms with Gasteiger partial charge >= 0.3 is 0 Å². The van der Waals surface area contributed by atoms with Crippen molar-refractivity contribution < 1.29 is 9.69 Å². The van der Waals surface area contributed by atoms with Crippen LogP contribution in [-0.4, -0.2) is 24.7 Å². The number of nitrogens with one attached hydrogen (secondary N) is 2. The number of benzene rings is 2. The molecule has 1 saturated heterocycles. The average molecular weight is 390 g/mol. The van der Waals surface area contributed by atoms with E-state index in [9.17, 15) is 4.79 Å². The van der Waals surface area contributed by atoms with Gasteiger partial charge in [-0.2, -0.15) is 0 Å². The summed E-state index contributed by atoms with van der Waals surface area (Å²) in [4.78, 5) is 14.8. The lowest BCUT2D eigenvalue weighted by molar-refractivity contribution is -0.901. The van der Waals surface area contributed by atoms with Crippen LogP contribution in [0.15, 0.2) is 53.4 Å². The quantitative estimate of drug-likeness (QED) is 0.679. The fourth-order valence-corrected chi connectivity index (χ4v) is 4.17. The molecule has 1 amide bonds. The summed E-state index contributed by atoms with van der Waals surface area (Å²) < 4.78 is 0. The maximum absolute atomic E-state index is 12.0. The predicted octanol–water partition coefficient (Wildman–Crippen LogP) is 3.32. The first-order chi connectivity index (χ1) is 12.7. The van der Waals surface area contributed by atoms with Crippen molar-refractivity contribution in [2.45, 2.75) is 37.2 Å². The molecular weight excluding hydrogens is 364 g/mol. The zero-order valence-electron chi connectivity index (χ0n) is 15.0. The van der Waals surface area contributed by atoms with Gasteiger partial charge in [0.1, 0.15) is 6.54 Å². The molecule has 0 aliphatic carbocycles. The van der Waals surface area contributed by atoms with Crippen LogP contribution in [0.3, 0.4) is 0 Å². The lowest BCUT2D eigenvalue weighted by Gasteiger charge is -2.12. The highest BCUT2D eigenvalue weighted by atomic mass is 35.5. The number of carbonyl (C=O) groups is 1. The number of hydrogen-bond acceptors (Lipinski definition) is 2. The molecule has 1 aliphatic rings. The minimum Gasteiger partial charge on any atom is -0.352 e. The van der Waals surface area contributed by atoms with Crippen LogP contribution in [0.2, 0.25) is 5.02 Å². The third-order valence-electron chi connectivity index (χ3n) is 4.69. The molecule has 0 atom stereocenters. The molecule has 1 fully saturated rings. The van der Waals surface area contributed by atoms with Crippen LogP contribution in [0.5, 0.6) is 0 Å². The number of halogens is 1. The van der Waals surface area contributed by atoms with Crippen LogP contribution in [0.4, 0.5) is 0 Å². The van der Waals surface area contributed by atoms with Crippen molar-refractivity contribution in [3.8, 4) is 0 Å². The fraction of sp³-hybridized carbons (Fsp3) is 0.381.